The number of rotatable bonds is 6. The van der Waals surface area contributed by atoms with Crippen molar-refractivity contribution in [2.75, 3.05) is 24.0 Å². The van der Waals surface area contributed by atoms with Crippen LogP contribution >= 0.6 is 0 Å². The van der Waals surface area contributed by atoms with Crippen molar-refractivity contribution in [1.29, 1.82) is 0 Å². The Kier molecular flexibility index (Phi) is 4.58. The average Bonchev–Trinajstić information content (AvgIpc) is 3.22. The first-order chi connectivity index (χ1) is 14.3. The van der Waals surface area contributed by atoms with E-state index in [4.69, 9.17) is 14.5 Å². The maximum atomic E-state index is 5.45. The van der Waals surface area contributed by atoms with Gasteiger partial charge in [-0.1, -0.05) is 42.5 Å². The van der Waals surface area contributed by atoms with Gasteiger partial charge in [-0.15, -0.1) is 0 Å². The van der Waals surface area contributed by atoms with Gasteiger partial charge in [0.05, 0.1) is 5.52 Å². The quantitative estimate of drug-likeness (QED) is 0.500. The van der Waals surface area contributed by atoms with Crippen LogP contribution in [0.15, 0.2) is 72.8 Å². The molecule has 0 atom stereocenters. The van der Waals surface area contributed by atoms with Gasteiger partial charge in [0, 0.05) is 23.7 Å². The van der Waals surface area contributed by atoms with E-state index in [-0.39, 0.29) is 6.79 Å². The van der Waals surface area contributed by atoms with Gasteiger partial charge in [-0.3, -0.25) is 0 Å². The van der Waals surface area contributed by atoms with Crippen molar-refractivity contribution in [3.63, 3.8) is 0 Å². The summed E-state index contributed by atoms with van der Waals surface area (Å²) in [5.74, 6) is 2.81. The molecule has 0 aliphatic carbocycles. The fourth-order valence-corrected chi connectivity index (χ4v) is 3.34. The summed E-state index contributed by atoms with van der Waals surface area (Å²) < 4.78 is 10.8. The van der Waals surface area contributed by atoms with Gasteiger partial charge in [0.2, 0.25) is 12.7 Å². The molecule has 0 unspecified atom stereocenters. The molecule has 6 heteroatoms. The van der Waals surface area contributed by atoms with Crippen LogP contribution in [0.1, 0.15) is 5.56 Å². The van der Waals surface area contributed by atoms with E-state index in [0.717, 1.165) is 46.9 Å². The van der Waals surface area contributed by atoms with Crippen molar-refractivity contribution in [3.05, 3.63) is 78.4 Å². The number of hydrogen-bond acceptors (Lipinski definition) is 6. The summed E-state index contributed by atoms with van der Waals surface area (Å²) in [5.41, 5.74) is 3.02. The number of para-hydroxylation sites is 1. The number of fused-ring (bicyclic) bond motifs is 2. The van der Waals surface area contributed by atoms with Gasteiger partial charge >= 0.3 is 0 Å². The maximum absolute atomic E-state index is 5.45. The highest BCUT2D eigenvalue weighted by Crippen LogP contribution is 2.35. The molecule has 0 spiro atoms. The minimum absolute atomic E-state index is 0.251. The average molecular weight is 384 g/mol. The van der Waals surface area contributed by atoms with Gasteiger partial charge in [0.25, 0.3) is 0 Å². The Bertz CT molecular complexity index is 1150. The van der Waals surface area contributed by atoms with E-state index in [1.807, 2.05) is 48.5 Å². The van der Waals surface area contributed by atoms with Crippen LogP contribution in [-0.2, 0) is 6.42 Å². The Morgan fingerprint density at radius 2 is 1.66 bits per heavy atom. The molecule has 4 aromatic rings. The topological polar surface area (TPSA) is 68.3 Å². The molecule has 3 aromatic carbocycles. The summed E-state index contributed by atoms with van der Waals surface area (Å²) in [5, 5.41) is 7.74. The first kappa shape index (κ1) is 17.3. The number of benzene rings is 3. The van der Waals surface area contributed by atoms with Crippen LogP contribution in [-0.4, -0.2) is 23.3 Å². The van der Waals surface area contributed by atoms with Crippen LogP contribution in [0.3, 0.4) is 0 Å². The van der Waals surface area contributed by atoms with E-state index in [1.54, 1.807) is 0 Å². The van der Waals surface area contributed by atoms with Crippen molar-refractivity contribution in [2.24, 2.45) is 0 Å². The predicted molar refractivity (Wildman–Crippen MR) is 114 cm³/mol. The Morgan fingerprint density at radius 1 is 0.828 bits per heavy atom. The fraction of sp³-hybridized carbons (Fsp3) is 0.130. The molecule has 0 saturated heterocycles. The van der Waals surface area contributed by atoms with Gasteiger partial charge in [0.15, 0.2) is 11.5 Å². The summed E-state index contributed by atoms with van der Waals surface area (Å²) in [6.45, 7) is 1.04. The van der Waals surface area contributed by atoms with E-state index in [1.165, 1.54) is 5.56 Å². The SMILES string of the molecule is c1ccc(CCNc2nc(Nc3ccc4c(c3)OCO4)nc3ccccc23)cc1. The van der Waals surface area contributed by atoms with Crippen molar-refractivity contribution in [2.45, 2.75) is 6.42 Å². The zero-order valence-corrected chi connectivity index (χ0v) is 15.8. The highest BCUT2D eigenvalue weighted by atomic mass is 16.7. The Labute approximate surface area is 168 Å². The molecule has 0 amide bonds. The summed E-state index contributed by atoms with van der Waals surface area (Å²) in [7, 11) is 0. The van der Waals surface area contributed by atoms with Gasteiger partial charge in [-0.2, -0.15) is 4.98 Å². The third-order valence-electron chi connectivity index (χ3n) is 4.78. The smallest absolute Gasteiger partial charge is 0.231 e. The molecule has 1 aromatic heterocycles. The van der Waals surface area contributed by atoms with Crippen LogP contribution < -0.4 is 20.1 Å². The molecule has 2 heterocycles. The zero-order valence-electron chi connectivity index (χ0n) is 15.8. The molecule has 2 N–H and O–H groups in total. The lowest BCUT2D eigenvalue weighted by atomic mass is 10.1. The number of nitrogens with zero attached hydrogens (tertiary/aromatic N) is 2. The third kappa shape index (κ3) is 3.78. The number of ether oxygens (including phenoxy) is 2. The standard InChI is InChI=1S/C23H20N4O2/c1-2-6-16(7-3-1)12-13-24-22-18-8-4-5-9-19(18)26-23(27-22)25-17-10-11-20-21(14-17)29-15-28-20/h1-11,14H,12-13,15H2,(H2,24,25,26,27). The first-order valence-electron chi connectivity index (χ1n) is 9.56. The van der Waals surface area contributed by atoms with Gasteiger partial charge in [0.1, 0.15) is 5.82 Å². The van der Waals surface area contributed by atoms with Crippen LogP contribution in [0, 0.1) is 0 Å². The van der Waals surface area contributed by atoms with E-state index in [2.05, 4.69) is 39.9 Å². The normalized spacial score (nSPS) is 12.1. The summed E-state index contributed by atoms with van der Waals surface area (Å²) >= 11 is 0. The number of aromatic nitrogens is 2. The molecule has 1 aliphatic heterocycles. The number of nitrogens with one attached hydrogen (secondary N) is 2. The molecule has 1 aliphatic rings. The zero-order chi connectivity index (χ0) is 19.5. The van der Waals surface area contributed by atoms with Crippen LogP contribution in [0.2, 0.25) is 0 Å². The minimum Gasteiger partial charge on any atom is -0.454 e. The van der Waals surface area contributed by atoms with Crippen LogP contribution in [0.5, 0.6) is 11.5 Å². The molecule has 6 nitrogen and oxygen atoms in total. The maximum Gasteiger partial charge on any atom is 0.231 e. The van der Waals surface area contributed by atoms with Crippen LogP contribution in [0.4, 0.5) is 17.5 Å². The summed E-state index contributed by atoms with van der Waals surface area (Å²) in [6, 6.07) is 24.1. The molecule has 144 valence electrons. The van der Waals surface area contributed by atoms with Gasteiger partial charge < -0.3 is 20.1 Å². The summed E-state index contributed by atoms with van der Waals surface area (Å²) in [6.07, 6.45) is 0.921. The molecule has 0 radical (unpaired) electrons. The third-order valence-corrected chi connectivity index (χ3v) is 4.78. The van der Waals surface area contributed by atoms with Crippen molar-refractivity contribution >= 4 is 28.4 Å². The monoisotopic (exact) mass is 384 g/mol. The molecular weight excluding hydrogens is 364 g/mol. The molecule has 5 rings (SSSR count). The highest BCUT2D eigenvalue weighted by Gasteiger charge is 2.14. The van der Waals surface area contributed by atoms with Gasteiger partial charge in [-0.25, -0.2) is 4.98 Å². The Morgan fingerprint density at radius 3 is 2.59 bits per heavy atom. The molecule has 0 saturated carbocycles. The van der Waals surface area contributed by atoms with Gasteiger partial charge in [-0.05, 0) is 36.2 Å². The lowest BCUT2D eigenvalue weighted by Gasteiger charge is -2.12. The Balaban J connectivity index is 1.39. The fourth-order valence-electron chi connectivity index (χ4n) is 3.34. The molecule has 0 fully saturated rings. The second kappa shape index (κ2) is 7.67. The van der Waals surface area contributed by atoms with Crippen LogP contribution in [0.25, 0.3) is 10.9 Å². The van der Waals surface area contributed by atoms with Crippen molar-refractivity contribution < 1.29 is 9.47 Å². The molecular formula is C23H20N4O2. The minimum atomic E-state index is 0.251. The molecule has 29 heavy (non-hydrogen) atoms. The predicted octanol–water partition coefficient (Wildman–Crippen LogP) is 4.76. The highest BCUT2D eigenvalue weighted by molar-refractivity contribution is 5.90. The largest absolute Gasteiger partial charge is 0.454 e. The molecule has 0 bridgehead atoms. The van der Waals surface area contributed by atoms with E-state index >= 15 is 0 Å². The summed E-state index contributed by atoms with van der Waals surface area (Å²) in [4.78, 5) is 9.37. The first-order valence-corrected chi connectivity index (χ1v) is 9.56. The van der Waals surface area contributed by atoms with E-state index < -0.39 is 0 Å². The van der Waals surface area contributed by atoms with E-state index in [9.17, 15) is 0 Å². The van der Waals surface area contributed by atoms with Crippen molar-refractivity contribution in [3.8, 4) is 11.5 Å². The van der Waals surface area contributed by atoms with Crippen molar-refractivity contribution in [1.82, 2.24) is 9.97 Å². The lowest BCUT2D eigenvalue weighted by molar-refractivity contribution is 0.174. The number of anilines is 3. The van der Waals surface area contributed by atoms with E-state index in [0.29, 0.717) is 5.95 Å². The number of hydrogen-bond donors (Lipinski definition) is 2. The lowest BCUT2D eigenvalue weighted by Crippen LogP contribution is -2.09. The Hall–Kier alpha value is -3.80. The second-order valence-corrected chi connectivity index (χ2v) is 6.77. The second-order valence-electron chi connectivity index (χ2n) is 6.77.